The Kier molecular flexibility index (Phi) is 7.93. The van der Waals surface area contributed by atoms with Gasteiger partial charge < -0.3 is 14.5 Å². The van der Waals surface area contributed by atoms with Crippen LogP contribution in [0, 0.1) is 0 Å². The molecular weight excluding hydrogens is 410 g/mol. The highest BCUT2D eigenvalue weighted by Gasteiger charge is 2.27. The van der Waals surface area contributed by atoms with Crippen LogP contribution in [0.1, 0.15) is 29.0 Å². The van der Waals surface area contributed by atoms with Crippen molar-refractivity contribution < 1.29 is 14.3 Å². The number of aromatic nitrogens is 2. The fourth-order valence-electron chi connectivity index (χ4n) is 3.47. The molecule has 0 spiro atoms. The molecule has 1 amide bonds. The number of imidazole rings is 1. The zero-order valence-corrected chi connectivity index (χ0v) is 18.9. The predicted molar refractivity (Wildman–Crippen MR) is 117 cm³/mol. The van der Waals surface area contributed by atoms with Gasteiger partial charge in [-0.25, -0.2) is 4.98 Å². The molecule has 29 heavy (non-hydrogen) atoms. The maximum atomic E-state index is 13.3. The van der Waals surface area contributed by atoms with Crippen molar-refractivity contribution in [1.82, 2.24) is 24.5 Å². The molecule has 0 saturated carbocycles. The van der Waals surface area contributed by atoms with E-state index in [0.717, 1.165) is 42.5 Å². The molecule has 0 radical (unpaired) electrons. The topological polar surface area (TPSA) is 79.2 Å². The molecule has 1 fully saturated rings. The fraction of sp³-hybridized carbons (Fsp3) is 0.632. The molecule has 3 heterocycles. The second-order valence-electron chi connectivity index (χ2n) is 7.15. The summed E-state index contributed by atoms with van der Waals surface area (Å²) < 4.78 is 6.88. The summed E-state index contributed by atoms with van der Waals surface area (Å²) >= 11 is 3.19. The molecule has 0 aliphatic carbocycles. The summed E-state index contributed by atoms with van der Waals surface area (Å²) in [5.74, 6) is 0.528. The Morgan fingerprint density at radius 1 is 1.34 bits per heavy atom. The van der Waals surface area contributed by atoms with Gasteiger partial charge >= 0.3 is 5.97 Å². The van der Waals surface area contributed by atoms with Gasteiger partial charge in [-0.05, 0) is 38.4 Å². The number of hydrogen-bond acceptors (Lipinski definition) is 8. The number of esters is 1. The number of rotatable bonds is 8. The minimum Gasteiger partial charge on any atom is -0.468 e. The molecule has 1 aliphatic rings. The van der Waals surface area contributed by atoms with Crippen LogP contribution in [0.2, 0.25) is 0 Å². The van der Waals surface area contributed by atoms with E-state index < -0.39 is 6.04 Å². The lowest BCUT2D eigenvalue weighted by Crippen LogP contribution is -2.39. The van der Waals surface area contributed by atoms with E-state index in [-0.39, 0.29) is 11.9 Å². The largest absolute Gasteiger partial charge is 0.468 e. The highest BCUT2D eigenvalue weighted by Crippen LogP contribution is 2.20. The number of carbonyl (C=O) groups is 2. The highest BCUT2D eigenvalue weighted by molar-refractivity contribution is 7.98. The number of likely N-dealkylation sites (N-methyl/N-ethyl adjacent to an activating group) is 1. The van der Waals surface area contributed by atoms with Gasteiger partial charge in [0.1, 0.15) is 6.04 Å². The Balaban J connectivity index is 1.80. The molecule has 2 aromatic heterocycles. The number of amides is 1. The number of ether oxygens (including phenoxy) is 1. The number of thioether (sulfide) groups is 1. The monoisotopic (exact) mass is 439 g/mol. The first kappa shape index (κ1) is 22.1. The summed E-state index contributed by atoms with van der Waals surface area (Å²) in [5.41, 5.74) is 1.27. The molecule has 0 aromatic carbocycles. The van der Waals surface area contributed by atoms with Crippen LogP contribution in [-0.2, 0) is 16.1 Å². The molecule has 3 rings (SSSR count). The molecule has 0 unspecified atom stereocenters. The van der Waals surface area contributed by atoms with E-state index in [9.17, 15) is 9.59 Å². The number of carbonyl (C=O) groups excluding carboxylic acids is 2. The molecule has 10 heteroatoms. The molecule has 1 atom stereocenters. The minimum absolute atomic E-state index is 0.0354. The van der Waals surface area contributed by atoms with Crippen molar-refractivity contribution in [1.29, 1.82) is 0 Å². The van der Waals surface area contributed by atoms with Crippen molar-refractivity contribution in [2.24, 2.45) is 0 Å². The van der Waals surface area contributed by atoms with Gasteiger partial charge in [-0.3, -0.25) is 19.3 Å². The van der Waals surface area contributed by atoms with Gasteiger partial charge in [-0.1, -0.05) is 0 Å². The average Bonchev–Trinajstić information content (AvgIpc) is 3.24. The third-order valence-corrected chi connectivity index (χ3v) is 6.58. The van der Waals surface area contributed by atoms with Crippen LogP contribution in [0.3, 0.4) is 0 Å². The smallest absolute Gasteiger partial charge is 0.322 e. The summed E-state index contributed by atoms with van der Waals surface area (Å²) in [7, 11) is 3.48. The van der Waals surface area contributed by atoms with Crippen LogP contribution >= 0.6 is 23.1 Å². The van der Waals surface area contributed by atoms with Crippen molar-refractivity contribution in [3.63, 3.8) is 0 Å². The Hall–Kier alpha value is -1.62. The first-order chi connectivity index (χ1) is 14.0. The molecule has 1 saturated heterocycles. The molecule has 1 N–H and O–H groups in total. The molecule has 2 aromatic rings. The second kappa shape index (κ2) is 10.4. The van der Waals surface area contributed by atoms with Gasteiger partial charge in [0.25, 0.3) is 5.91 Å². The summed E-state index contributed by atoms with van der Waals surface area (Å²) in [5, 5.41) is 5.24. The Morgan fingerprint density at radius 3 is 2.93 bits per heavy atom. The SMILES string of the molecule is COC(=O)[C@@H](CCSC)NCc1c(C(=O)N2CCCN(C)CC2)nc2sccn12. The Morgan fingerprint density at radius 2 is 2.17 bits per heavy atom. The van der Waals surface area contributed by atoms with Crippen molar-refractivity contribution in [2.45, 2.75) is 25.4 Å². The third kappa shape index (κ3) is 5.30. The lowest BCUT2D eigenvalue weighted by Gasteiger charge is -2.21. The van der Waals surface area contributed by atoms with Crippen LogP contribution in [0.5, 0.6) is 0 Å². The highest BCUT2D eigenvalue weighted by atomic mass is 32.2. The van der Waals surface area contributed by atoms with Crippen molar-refractivity contribution >= 4 is 39.9 Å². The number of methoxy groups -OCH3 is 1. The van der Waals surface area contributed by atoms with Crippen LogP contribution in [0.25, 0.3) is 4.96 Å². The number of fused-ring (bicyclic) bond motifs is 1. The summed E-state index contributed by atoms with van der Waals surface area (Å²) in [6.07, 6.45) is 5.56. The van der Waals surface area contributed by atoms with Crippen LogP contribution in [-0.4, -0.2) is 89.4 Å². The molecule has 160 valence electrons. The minimum atomic E-state index is -0.411. The van der Waals surface area contributed by atoms with Gasteiger partial charge in [0.15, 0.2) is 10.7 Å². The van der Waals surface area contributed by atoms with Crippen molar-refractivity contribution in [3.05, 3.63) is 23.0 Å². The Labute approximate surface area is 179 Å². The lowest BCUT2D eigenvalue weighted by atomic mass is 10.2. The lowest BCUT2D eigenvalue weighted by molar-refractivity contribution is -0.143. The third-order valence-electron chi connectivity index (χ3n) is 5.18. The van der Waals surface area contributed by atoms with Crippen molar-refractivity contribution in [3.8, 4) is 0 Å². The normalized spacial score (nSPS) is 16.7. The van der Waals surface area contributed by atoms with Gasteiger partial charge in [0.2, 0.25) is 0 Å². The first-order valence-corrected chi connectivity index (χ1v) is 12.0. The first-order valence-electron chi connectivity index (χ1n) is 9.77. The Bertz CT molecular complexity index is 837. The fourth-order valence-corrected chi connectivity index (χ4v) is 4.68. The predicted octanol–water partition coefficient (Wildman–Crippen LogP) is 1.56. The summed E-state index contributed by atoms with van der Waals surface area (Å²) in [4.78, 5) is 34.9. The van der Waals surface area contributed by atoms with E-state index in [1.54, 1.807) is 11.8 Å². The van der Waals surface area contributed by atoms with E-state index >= 15 is 0 Å². The van der Waals surface area contributed by atoms with Gasteiger partial charge in [-0.15, -0.1) is 11.3 Å². The molecule has 1 aliphatic heterocycles. The zero-order valence-electron chi connectivity index (χ0n) is 17.2. The summed E-state index contributed by atoms with van der Waals surface area (Å²) in [6.45, 7) is 3.67. The summed E-state index contributed by atoms with van der Waals surface area (Å²) in [6, 6.07) is -0.411. The number of nitrogens with zero attached hydrogens (tertiary/aromatic N) is 4. The molecular formula is C19H29N5O3S2. The van der Waals surface area contributed by atoms with E-state index in [2.05, 4.69) is 22.2 Å². The van der Waals surface area contributed by atoms with Gasteiger partial charge in [0, 0.05) is 37.8 Å². The van der Waals surface area contributed by atoms with E-state index in [4.69, 9.17) is 4.74 Å². The van der Waals surface area contributed by atoms with Crippen molar-refractivity contribution in [2.75, 3.05) is 52.3 Å². The maximum Gasteiger partial charge on any atom is 0.322 e. The van der Waals surface area contributed by atoms with Gasteiger partial charge in [0.05, 0.1) is 12.8 Å². The number of nitrogens with one attached hydrogen (secondary N) is 1. The number of thiazole rings is 1. The van der Waals surface area contributed by atoms with Crippen LogP contribution < -0.4 is 5.32 Å². The number of hydrogen-bond donors (Lipinski definition) is 1. The van der Waals surface area contributed by atoms with Gasteiger partial charge in [-0.2, -0.15) is 11.8 Å². The molecule has 8 nitrogen and oxygen atoms in total. The van der Waals surface area contributed by atoms with E-state index in [0.29, 0.717) is 25.2 Å². The standard InChI is InChI=1S/C19H29N5O3S2/c1-22-6-4-7-23(9-8-22)17(25)16-15(24-10-12-29-19(24)21-16)13-20-14(5-11-28-3)18(26)27-2/h10,12,14,20H,4-9,11,13H2,1-3H3/t14-/m1/s1. The van der Waals surface area contributed by atoms with Crippen LogP contribution in [0.15, 0.2) is 11.6 Å². The van der Waals surface area contributed by atoms with E-state index in [1.165, 1.54) is 18.4 Å². The molecule has 0 bridgehead atoms. The average molecular weight is 440 g/mol. The second-order valence-corrected chi connectivity index (χ2v) is 9.01. The van der Waals surface area contributed by atoms with Crippen LogP contribution in [0.4, 0.5) is 0 Å². The zero-order chi connectivity index (χ0) is 20.8. The maximum absolute atomic E-state index is 13.3. The van der Waals surface area contributed by atoms with E-state index in [1.807, 2.05) is 27.1 Å². The quantitative estimate of drug-likeness (QED) is 0.625.